The summed E-state index contributed by atoms with van der Waals surface area (Å²) in [7, 11) is 3.01. The number of amidine groups is 1. The van der Waals surface area contributed by atoms with Crippen LogP contribution in [-0.2, 0) is 15.3 Å². The molecule has 0 saturated heterocycles. The largest absolute Gasteiger partial charge is 0.466 e. The summed E-state index contributed by atoms with van der Waals surface area (Å²) in [5, 5.41) is 8.18. The van der Waals surface area contributed by atoms with E-state index in [1.54, 1.807) is 11.9 Å². The maximum atomic E-state index is 10.9. The lowest BCUT2D eigenvalue weighted by Gasteiger charge is -2.14. The number of carbonyl (C=O) groups is 1. The summed E-state index contributed by atoms with van der Waals surface area (Å²) in [6.07, 6.45) is 2.77. The van der Waals surface area contributed by atoms with Crippen molar-refractivity contribution < 1.29 is 9.53 Å². The monoisotopic (exact) mass is 279 g/mol. The third kappa shape index (κ3) is 5.05. The number of para-hydroxylation sites is 1. The Morgan fingerprint density at radius 3 is 2.84 bits per heavy atom. The summed E-state index contributed by atoms with van der Waals surface area (Å²) in [5.74, 6) is 0.166. The van der Waals surface area contributed by atoms with E-state index in [1.165, 1.54) is 31.1 Å². The summed E-state index contributed by atoms with van der Waals surface area (Å²) < 4.78 is 4.48. The van der Waals surface area contributed by atoms with Crippen LogP contribution in [0.5, 0.6) is 0 Å². The van der Waals surface area contributed by atoms with Crippen LogP contribution in [0.25, 0.3) is 0 Å². The Morgan fingerprint density at radius 2 is 2.21 bits per heavy atom. The molecule has 0 amide bonds. The van der Waals surface area contributed by atoms with E-state index in [0.29, 0.717) is 10.9 Å². The van der Waals surface area contributed by atoms with Crippen molar-refractivity contribution in [3.63, 3.8) is 0 Å². The van der Waals surface area contributed by atoms with Crippen molar-refractivity contribution in [3.8, 4) is 0 Å². The molecule has 0 unspecified atom stereocenters. The lowest BCUT2D eigenvalue weighted by Crippen LogP contribution is -2.17. The van der Waals surface area contributed by atoms with Crippen molar-refractivity contribution >= 4 is 28.6 Å². The van der Waals surface area contributed by atoms with Crippen LogP contribution in [0.3, 0.4) is 0 Å². The van der Waals surface area contributed by atoms with E-state index in [0.717, 1.165) is 11.3 Å². The highest BCUT2D eigenvalue weighted by Gasteiger charge is 2.05. The van der Waals surface area contributed by atoms with Crippen LogP contribution in [0, 0.1) is 5.41 Å². The van der Waals surface area contributed by atoms with Crippen LogP contribution in [0.4, 0.5) is 5.69 Å². The molecule has 0 heterocycles. The second kappa shape index (κ2) is 7.48. The van der Waals surface area contributed by atoms with Crippen molar-refractivity contribution in [1.82, 2.24) is 4.90 Å². The zero-order valence-electron chi connectivity index (χ0n) is 10.9. The predicted octanol–water partition coefficient (Wildman–Crippen LogP) is 2.06. The zero-order valence-corrected chi connectivity index (χ0v) is 11.7. The third-order valence-corrected chi connectivity index (χ3v) is 3.39. The number of nitrogens with one attached hydrogen (secondary N) is 1. The molecule has 3 N–H and O–H groups in total. The minimum Gasteiger partial charge on any atom is -0.466 e. The molecule has 0 aliphatic heterocycles. The first kappa shape index (κ1) is 15.1. The van der Waals surface area contributed by atoms with Gasteiger partial charge in [0.2, 0.25) is 0 Å². The fourth-order valence-electron chi connectivity index (χ4n) is 1.22. The number of rotatable bonds is 4. The van der Waals surface area contributed by atoms with E-state index in [1.807, 2.05) is 24.3 Å². The third-order valence-electron chi connectivity index (χ3n) is 2.38. The summed E-state index contributed by atoms with van der Waals surface area (Å²) >= 11 is 1.34. The number of anilines is 1. The number of carbonyl (C=O) groups excluding carboxylic acids is 1. The van der Waals surface area contributed by atoms with E-state index in [-0.39, 0.29) is 0 Å². The van der Waals surface area contributed by atoms with Gasteiger partial charge in [0.15, 0.2) is 5.17 Å². The molecule has 0 bridgehead atoms. The molecule has 6 heteroatoms. The lowest BCUT2D eigenvalue weighted by molar-refractivity contribution is -0.134. The van der Waals surface area contributed by atoms with Gasteiger partial charge in [-0.05, 0) is 11.6 Å². The molecule has 0 atom stereocenters. The first-order valence-corrected chi connectivity index (χ1v) is 6.57. The number of ether oxygens (including phenoxy) is 1. The molecule has 0 spiro atoms. The lowest BCUT2D eigenvalue weighted by atomic mass is 10.2. The minimum atomic E-state index is -0.447. The van der Waals surface area contributed by atoms with E-state index in [4.69, 9.17) is 11.1 Å². The SMILES string of the molecule is COC(=O)/C=C/N(C)C(=N)SCc1ccccc1N. The Kier molecular flexibility index (Phi) is 5.95. The molecule has 0 aliphatic rings. The summed E-state index contributed by atoms with van der Waals surface area (Å²) in [6, 6.07) is 7.55. The van der Waals surface area contributed by atoms with Crippen molar-refractivity contribution in [2.75, 3.05) is 19.9 Å². The topological polar surface area (TPSA) is 79.4 Å². The van der Waals surface area contributed by atoms with Gasteiger partial charge in [-0.3, -0.25) is 5.41 Å². The van der Waals surface area contributed by atoms with Crippen LogP contribution in [0.1, 0.15) is 5.56 Å². The van der Waals surface area contributed by atoms with Crippen LogP contribution in [0.15, 0.2) is 36.5 Å². The van der Waals surface area contributed by atoms with E-state index in [9.17, 15) is 4.79 Å². The average Bonchev–Trinajstić information content (AvgIpc) is 2.43. The molecular formula is C13H17N3O2S. The van der Waals surface area contributed by atoms with Gasteiger partial charge in [-0.1, -0.05) is 30.0 Å². The quantitative estimate of drug-likeness (QED) is 0.290. The van der Waals surface area contributed by atoms with E-state index >= 15 is 0 Å². The first-order chi connectivity index (χ1) is 9.04. The number of esters is 1. The average molecular weight is 279 g/mol. The maximum Gasteiger partial charge on any atom is 0.331 e. The Balaban J connectivity index is 2.49. The molecule has 5 nitrogen and oxygen atoms in total. The summed E-state index contributed by atoms with van der Waals surface area (Å²) in [4.78, 5) is 12.5. The highest BCUT2D eigenvalue weighted by Crippen LogP contribution is 2.19. The first-order valence-electron chi connectivity index (χ1n) is 5.58. The van der Waals surface area contributed by atoms with Gasteiger partial charge in [-0.25, -0.2) is 4.79 Å². The van der Waals surface area contributed by atoms with Crippen molar-refractivity contribution in [2.45, 2.75) is 5.75 Å². The van der Waals surface area contributed by atoms with Gasteiger partial charge in [0.05, 0.1) is 7.11 Å². The highest BCUT2D eigenvalue weighted by molar-refractivity contribution is 8.13. The van der Waals surface area contributed by atoms with Crippen LogP contribution < -0.4 is 5.73 Å². The molecule has 1 rings (SSSR count). The van der Waals surface area contributed by atoms with Gasteiger partial charge < -0.3 is 15.4 Å². The number of nitrogens with two attached hydrogens (primary N) is 1. The Bertz CT molecular complexity index is 489. The van der Waals surface area contributed by atoms with Gasteiger partial charge in [-0.15, -0.1) is 0 Å². The highest BCUT2D eigenvalue weighted by atomic mass is 32.2. The van der Waals surface area contributed by atoms with Gasteiger partial charge in [0, 0.05) is 30.8 Å². The maximum absolute atomic E-state index is 10.9. The number of benzene rings is 1. The fraction of sp³-hybridized carbons (Fsp3) is 0.231. The van der Waals surface area contributed by atoms with Crippen LogP contribution in [0.2, 0.25) is 0 Å². The van der Waals surface area contributed by atoms with Crippen molar-refractivity contribution in [3.05, 3.63) is 42.1 Å². The number of nitrogen functional groups attached to an aromatic ring is 1. The Labute approximate surface area is 116 Å². The molecule has 0 radical (unpaired) electrons. The molecular weight excluding hydrogens is 262 g/mol. The molecule has 19 heavy (non-hydrogen) atoms. The van der Waals surface area contributed by atoms with Crippen molar-refractivity contribution in [1.29, 1.82) is 5.41 Å². The van der Waals surface area contributed by atoms with Gasteiger partial charge in [0.25, 0.3) is 0 Å². The van der Waals surface area contributed by atoms with Gasteiger partial charge >= 0.3 is 5.97 Å². The minimum absolute atomic E-state index is 0.323. The van der Waals surface area contributed by atoms with Gasteiger partial charge in [-0.2, -0.15) is 0 Å². The summed E-state index contributed by atoms with van der Waals surface area (Å²) in [6.45, 7) is 0. The van der Waals surface area contributed by atoms with Crippen LogP contribution >= 0.6 is 11.8 Å². The predicted molar refractivity (Wildman–Crippen MR) is 78.8 cm³/mol. The summed E-state index contributed by atoms with van der Waals surface area (Å²) in [5.41, 5.74) is 7.53. The smallest absolute Gasteiger partial charge is 0.331 e. The zero-order chi connectivity index (χ0) is 14.3. The number of nitrogens with zero attached hydrogens (tertiary/aromatic N) is 1. The molecule has 1 aromatic rings. The normalized spacial score (nSPS) is 10.4. The molecule has 0 fully saturated rings. The number of hydrogen-bond acceptors (Lipinski definition) is 5. The molecule has 0 aliphatic carbocycles. The molecule has 0 aromatic heterocycles. The van der Waals surface area contributed by atoms with Crippen molar-refractivity contribution in [2.24, 2.45) is 0 Å². The number of methoxy groups -OCH3 is 1. The number of hydrogen-bond donors (Lipinski definition) is 2. The van der Waals surface area contributed by atoms with Gasteiger partial charge in [0.1, 0.15) is 0 Å². The Morgan fingerprint density at radius 1 is 1.53 bits per heavy atom. The fourth-order valence-corrected chi connectivity index (χ4v) is 2.04. The second-order valence-electron chi connectivity index (χ2n) is 3.74. The molecule has 1 aromatic carbocycles. The van der Waals surface area contributed by atoms with Crippen LogP contribution in [-0.4, -0.2) is 30.2 Å². The molecule has 102 valence electrons. The molecule has 0 saturated carbocycles. The van der Waals surface area contributed by atoms with E-state index in [2.05, 4.69) is 4.74 Å². The number of thioether (sulfide) groups is 1. The standard InChI is InChI=1S/C13H17N3O2S/c1-16(8-7-12(17)18-2)13(15)19-9-10-5-3-4-6-11(10)14/h3-8,15H,9,14H2,1-2H3/b8-7+,15-13?. The Hall–Kier alpha value is -1.95. The second-order valence-corrected chi connectivity index (χ2v) is 4.71. The van der Waals surface area contributed by atoms with E-state index < -0.39 is 5.97 Å².